The van der Waals surface area contributed by atoms with Crippen molar-refractivity contribution in [2.24, 2.45) is 0 Å². The van der Waals surface area contributed by atoms with Crippen LogP contribution in [0.4, 0.5) is 0 Å². The normalized spacial score (nSPS) is 29.8. The first-order chi connectivity index (χ1) is 6.24. The fourth-order valence-electron chi connectivity index (χ4n) is 1.39. The summed E-state index contributed by atoms with van der Waals surface area (Å²) in [5.74, 6) is 0. The molecular formula is C8H17NO4. The summed E-state index contributed by atoms with van der Waals surface area (Å²) in [6, 6.07) is 0. The molecule has 78 valence electrons. The molecule has 5 nitrogen and oxygen atoms in total. The summed E-state index contributed by atoms with van der Waals surface area (Å²) in [4.78, 5) is 1.94. The van der Waals surface area contributed by atoms with E-state index in [9.17, 15) is 10.2 Å². The van der Waals surface area contributed by atoms with E-state index in [1.54, 1.807) is 0 Å². The summed E-state index contributed by atoms with van der Waals surface area (Å²) >= 11 is 0. The highest BCUT2D eigenvalue weighted by atomic mass is 16.5. The maximum Gasteiger partial charge on any atom is 0.0938 e. The third-order valence-electron chi connectivity index (χ3n) is 2.12. The Labute approximate surface area is 77.5 Å². The van der Waals surface area contributed by atoms with Gasteiger partial charge >= 0.3 is 0 Å². The fraction of sp³-hybridized carbons (Fsp3) is 1.00. The molecule has 0 spiro atoms. The van der Waals surface area contributed by atoms with Crippen LogP contribution in [0.5, 0.6) is 0 Å². The van der Waals surface area contributed by atoms with E-state index in [0.29, 0.717) is 32.8 Å². The first-order valence-electron chi connectivity index (χ1n) is 4.51. The van der Waals surface area contributed by atoms with Crippen molar-refractivity contribution in [2.45, 2.75) is 12.2 Å². The lowest BCUT2D eigenvalue weighted by molar-refractivity contribution is 0.0572. The Morgan fingerprint density at radius 2 is 1.77 bits per heavy atom. The van der Waals surface area contributed by atoms with Crippen LogP contribution in [0.2, 0.25) is 0 Å². The van der Waals surface area contributed by atoms with Crippen LogP contribution in [-0.4, -0.2) is 71.9 Å². The standard InChI is InChI=1S/C8H17NO4/c10-2-4-13-3-1-9-5-7(11)8(12)6-9/h7-8,10-12H,1-6H2. The molecule has 1 saturated heterocycles. The van der Waals surface area contributed by atoms with E-state index in [2.05, 4.69) is 0 Å². The minimum absolute atomic E-state index is 0.0330. The van der Waals surface area contributed by atoms with Gasteiger partial charge < -0.3 is 20.1 Å². The monoisotopic (exact) mass is 191 g/mol. The Morgan fingerprint density at radius 1 is 1.15 bits per heavy atom. The quantitative estimate of drug-likeness (QED) is 0.440. The van der Waals surface area contributed by atoms with Crippen LogP contribution >= 0.6 is 0 Å². The smallest absolute Gasteiger partial charge is 0.0938 e. The average molecular weight is 191 g/mol. The molecular weight excluding hydrogens is 174 g/mol. The number of aliphatic hydroxyl groups is 3. The van der Waals surface area contributed by atoms with Gasteiger partial charge in [-0.1, -0.05) is 0 Å². The molecule has 2 unspecified atom stereocenters. The molecule has 0 aromatic carbocycles. The highest BCUT2D eigenvalue weighted by Crippen LogP contribution is 2.08. The molecule has 13 heavy (non-hydrogen) atoms. The van der Waals surface area contributed by atoms with E-state index in [-0.39, 0.29) is 6.61 Å². The lowest BCUT2D eigenvalue weighted by Gasteiger charge is -2.13. The third-order valence-corrected chi connectivity index (χ3v) is 2.12. The summed E-state index contributed by atoms with van der Waals surface area (Å²) in [5.41, 5.74) is 0. The Morgan fingerprint density at radius 3 is 2.31 bits per heavy atom. The second-order valence-electron chi connectivity index (χ2n) is 3.23. The van der Waals surface area contributed by atoms with Crippen LogP contribution in [0.3, 0.4) is 0 Å². The van der Waals surface area contributed by atoms with Crippen molar-refractivity contribution in [1.29, 1.82) is 0 Å². The molecule has 1 rings (SSSR count). The molecule has 1 aliphatic heterocycles. The zero-order valence-corrected chi connectivity index (χ0v) is 7.59. The molecule has 1 aliphatic rings. The number of β-amino-alcohol motifs (C(OH)–C–C–N with tert-alkyl or cyclic N) is 2. The SMILES string of the molecule is OCCOCCN1CC(O)C(O)C1. The van der Waals surface area contributed by atoms with Gasteiger partial charge in [-0.15, -0.1) is 0 Å². The first-order valence-corrected chi connectivity index (χ1v) is 4.51. The van der Waals surface area contributed by atoms with Crippen molar-refractivity contribution in [1.82, 2.24) is 4.90 Å². The van der Waals surface area contributed by atoms with Crippen LogP contribution < -0.4 is 0 Å². The predicted octanol–water partition coefficient (Wildman–Crippen LogP) is -1.97. The Hall–Kier alpha value is -0.200. The van der Waals surface area contributed by atoms with Gasteiger partial charge in [0.25, 0.3) is 0 Å². The highest BCUT2D eigenvalue weighted by molar-refractivity contribution is 4.82. The average Bonchev–Trinajstić information content (AvgIpc) is 2.41. The van der Waals surface area contributed by atoms with Crippen molar-refractivity contribution < 1.29 is 20.1 Å². The molecule has 3 N–H and O–H groups in total. The van der Waals surface area contributed by atoms with E-state index in [1.165, 1.54) is 0 Å². The number of likely N-dealkylation sites (tertiary alicyclic amines) is 1. The summed E-state index contributed by atoms with van der Waals surface area (Å²) < 4.78 is 5.06. The molecule has 5 heteroatoms. The molecule has 0 aromatic rings. The highest BCUT2D eigenvalue weighted by Gasteiger charge is 2.28. The van der Waals surface area contributed by atoms with Gasteiger partial charge in [0.1, 0.15) is 0 Å². The molecule has 0 bridgehead atoms. The minimum atomic E-state index is -0.627. The number of ether oxygens (including phenoxy) is 1. The zero-order valence-electron chi connectivity index (χ0n) is 7.59. The van der Waals surface area contributed by atoms with Crippen molar-refractivity contribution in [3.63, 3.8) is 0 Å². The summed E-state index contributed by atoms with van der Waals surface area (Å²) in [6.45, 7) is 2.60. The Bertz CT molecular complexity index is 134. The number of rotatable bonds is 5. The van der Waals surface area contributed by atoms with Gasteiger partial charge in [-0.25, -0.2) is 0 Å². The molecule has 0 aromatic heterocycles. The van der Waals surface area contributed by atoms with E-state index in [0.717, 1.165) is 0 Å². The number of aliphatic hydroxyl groups excluding tert-OH is 3. The van der Waals surface area contributed by atoms with E-state index < -0.39 is 12.2 Å². The van der Waals surface area contributed by atoms with Gasteiger partial charge in [0, 0.05) is 19.6 Å². The zero-order chi connectivity index (χ0) is 9.68. The number of nitrogens with zero attached hydrogens (tertiary/aromatic N) is 1. The van der Waals surface area contributed by atoms with Crippen molar-refractivity contribution in [3.8, 4) is 0 Å². The van der Waals surface area contributed by atoms with Crippen LogP contribution in [0.25, 0.3) is 0 Å². The van der Waals surface area contributed by atoms with Gasteiger partial charge in [0.05, 0.1) is 32.0 Å². The third kappa shape index (κ3) is 3.58. The topological polar surface area (TPSA) is 73.2 Å². The van der Waals surface area contributed by atoms with E-state index in [4.69, 9.17) is 9.84 Å². The molecule has 2 atom stereocenters. The molecule has 1 fully saturated rings. The predicted molar refractivity (Wildman–Crippen MR) is 46.4 cm³/mol. The van der Waals surface area contributed by atoms with E-state index >= 15 is 0 Å². The van der Waals surface area contributed by atoms with Crippen molar-refractivity contribution >= 4 is 0 Å². The van der Waals surface area contributed by atoms with Crippen molar-refractivity contribution in [3.05, 3.63) is 0 Å². The second kappa shape index (κ2) is 5.51. The van der Waals surface area contributed by atoms with E-state index in [1.807, 2.05) is 4.90 Å². The van der Waals surface area contributed by atoms with Gasteiger partial charge in [-0.3, -0.25) is 4.90 Å². The summed E-state index contributed by atoms with van der Waals surface area (Å²) in [7, 11) is 0. The fourth-order valence-corrected chi connectivity index (χ4v) is 1.39. The summed E-state index contributed by atoms with van der Waals surface area (Å²) in [5, 5.41) is 26.8. The van der Waals surface area contributed by atoms with Gasteiger partial charge in [0.2, 0.25) is 0 Å². The minimum Gasteiger partial charge on any atom is -0.394 e. The maximum absolute atomic E-state index is 9.20. The Kier molecular flexibility index (Phi) is 4.61. The largest absolute Gasteiger partial charge is 0.394 e. The first kappa shape index (κ1) is 10.9. The molecule has 0 aliphatic carbocycles. The molecule has 1 heterocycles. The second-order valence-corrected chi connectivity index (χ2v) is 3.23. The van der Waals surface area contributed by atoms with Gasteiger partial charge in [-0.05, 0) is 0 Å². The van der Waals surface area contributed by atoms with Gasteiger partial charge in [0.15, 0.2) is 0 Å². The number of hydrogen-bond acceptors (Lipinski definition) is 5. The molecule has 0 saturated carbocycles. The Balaban J connectivity index is 2.03. The van der Waals surface area contributed by atoms with Crippen molar-refractivity contribution in [2.75, 3.05) is 39.5 Å². The number of hydrogen-bond donors (Lipinski definition) is 3. The summed E-state index contributed by atoms with van der Waals surface area (Å²) in [6.07, 6.45) is -1.25. The van der Waals surface area contributed by atoms with Crippen LogP contribution in [-0.2, 0) is 4.74 Å². The maximum atomic E-state index is 9.20. The lowest BCUT2D eigenvalue weighted by Crippen LogP contribution is -2.26. The lowest BCUT2D eigenvalue weighted by atomic mass is 10.3. The van der Waals surface area contributed by atoms with Crippen LogP contribution in [0.1, 0.15) is 0 Å². The van der Waals surface area contributed by atoms with Gasteiger partial charge in [-0.2, -0.15) is 0 Å². The van der Waals surface area contributed by atoms with Crippen LogP contribution in [0.15, 0.2) is 0 Å². The molecule has 0 amide bonds. The van der Waals surface area contributed by atoms with Crippen LogP contribution in [0, 0.1) is 0 Å². The molecule has 0 radical (unpaired) electrons.